The Bertz CT molecular complexity index is 1310. The monoisotopic (exact) mass is 918 g/mol. The number of ether oxygens (including phenoxy) is 1. The van der Waals surface area contributed by atoms with Gasteiger partial charge in [-0.3, -0.25) is 9.59 Å². The molecule has 3 N–H and O–H groups in total. The van der Waals surface area contributed by atoms with Gasteiger partial charge in [-0.1, -0.05) is 246 Å². The summed E-state index contributed by atoms with van der Waals surface area (Å²) < 4.78 is 5.93. The van der Waals surface area contributed by atoms with Crippen LogP contribution in [0.15, 0.2) is 97.2 Å². The summed E-state index contributed by atoms with van der Waals surface area (Å²) in [5.74, 6) is -0.534. The first-order valence-electron chi connectivity index (χ1n) is 27.5. The molecule has 0 aromatic heterocycles. The van der Waals surface area contributed by atoms with Gasteiger partial charge >= 0.3 is 5.97 Å². The van der Waals surface area contributed by atoms with Crippen molar-refractivity contribution < 1.29 is 24.5 Å². The fourth-order valence-electron chi connectivity index (χ4n) is 7.82. The third-order valence-corrected chi connectivity index (χ3v) is 12.0. The molecule has 6 nitrogen and oxygen atoms in total. The predicted octanol–water partition coefficient (Wildman–Crippen LogP) is 16.9. The normalized spacial score (nSPS) is 14.0. The average molecular weight is 918 g/mol. The topological polar surface area (TPSA) is 95.9 Å². The maximum atomic E-state index is 13.2. The molecule has 0 fully saturated rings. The van der Waals surface area contributed by atoms with Crippen molar-refractivity contribution >= 4 is 11.9 Å². The van der Waals surface area contributed by atoms with Gasteiger partial charge in [0.1, 0.15) is 6.10 Å². The van der Waals surface area contributed by atoms with E-state index in [0.717, 1.165) is 89.9 Å². The van der Waals surface area contributed by atoms with Crippen molar-refractivity contribution in [2.75, 3.05) is 6.61 Å². The van der Waals surface area contributed by atoms with Gasteiger partial charge in [0.15, 0.2) is 0 Å². The summed E-state index contributed by atoms with van der Waals surface area (Å²) >= 11 is 0. The molecule has 6 heteroatoms. The van der Waals surface area contributed by atoms with E-state index in [1.807, 2.05) is 36.5 Å². The van der Waals surface area contributed by atoms with Crippen molar-refractivity contribution in [1.29, 1.82) is 0 Å². The smallest absolute Gasteiger partial charge is 0.306 e. The summed E-state index contributed by atoms with van der Waals surface area (Å²) in [5, 5.41) is 23.8. The number of nitrogens with one attached hydrogen (secondary N) is 1. The molecule has 3 unspecified atom stereocenters. The van der Waals surface area contributed by atoms with Crippen molar-refractivity contribution in [2.45, 2.75) is 264 Å². The SMILES string of the molecule is CCC/C=C/C=C/C=C/C=C/C=C/CCCCCC(CC(=O)NC(CO)C(O)CCCCCCCCCCCCCC)OC(=O)CCCCCCCC/C=C\C/C=C\C/C=C\CCCCC. The fraction of sp³-hybridized carbons (Fsp3) is 0.700. The molecule has 0 rings (SSSR count). The number of hydrogen-bond acceptors (Lipinski definition) is 5. The third kappa shape index (κ3) is 47.3. The van der Waals surface area contributed by atoms with Crippen LogP contribution >= 0.6 is 0 Å². The number of aliphatic hydroxyl groups is 2. The van der Waals surface area contributed by atoms with E-state index in [1.165, 1.54) is 109 Å². The van der Waals surface area contributed by atoms with Crippen LogP contribution in [-0.2, 0) is 14.3 Å². The minimum absolute atomic E-state index is 0.0390. The summed E-state index contributed by atoms with van der Waals surface area (Å²) in [7, 11) is 0. The van der Waals surface area contributed by atoms with Crippen molar-refractivity contribution in [3.05, 3.63) is 97.2 Å². The van der Waals surface area contributed by atoms with Gasteiger partial charge in [-0.05, 0) is 83.5 Å². The van der Waals surface area contributed by atoms with Crippen LogP contribution in [0, 0.1) is 0 Å². The van der Waals surface area contributed by atoms with E-state index in [9.17, 15) is 19.8 Å². The van der Waals surface area contributed by atoms with Gasteiger partial charge in [-0.25, -0.2) is 0 Å². The molecule has 0 aliphatic carbocycles. The lowest BCUT2D eigenvalue weighted by molar-refractivity contribution is -0.151. The van der Waals surface area contributed by atoms with E-state index in [4.69, 9.17) is 4.74 Å². The maximum Gasteiger partial charge on any atom is 0.306 e. The molecule has 0 bridgehead atoms. The average Bonchev–Trinajstić information content (AvgIpc) is 3.31. The molecule has 3 atom stereocenters. The van der Waals surface area contributed by atoms with Gasteiger partial charge in [0.25, 0.3) is 0 Å². The van der Waals surface area contributed by atoms with Crippen LogP contribution in [0.2, 0.25) is 0 Å². The Kier molecular flexibility index (Phi) is 50.2. The molecule has 0 saturated carbocycles. The van der Waals surface area contributed by atoms with Crippen molar-refractivity contribution in [3.63, 3.8) is 0 Å². The van der Waals surface area contributed by atoms with Gasteiger partial charge < -0.3 is 20.3 Å². The summed E-state index contributed by atoms with van der Waals surface area (Å²) in [6, 6.07) is -0.724. The highest BCUT2D eigenvalue weighted by Crippen LogP contribution is 2.17. The molecule has 0 heterocycles. The van der Waals surface area contributed by atoms with Gasteiger partial charge in [-0.2, -0.15) is 0 Å². The quantitative estimate of drug-likeness (QED) is 0.0245. The number of rotatable bonds is 48. The lowest BCUT2D eigenvalue weighted by Crippen LogP contribution is -2.46. The Morgan fingerprint density at radius 2 is 0.864 bits per heavy atom. The van der Waals surface area contributed by atoms with E-state index >= 15 is 0 Å². The van der Waals surface area contributed by atoms with Crippen LogP contribution in [0.4, 0.5) is 0 Å². The first kappa shape index (κ1) is 62.8. The number of amides is 1. The van der Waals surface area contributed by atoms with Crippen LogP contribution in [0.25, 0.3) is 0 Å². The number of esters is 1. The van der Waals surface area contributed by atoms with Crippen molar-refractivity contribution in [3.8, 4) is 0 Å². The summed E-state index contributed by atoms with van der Waals surface area (Å²) in [6.45, 7) is 6.35. The van der Waals surface area contributed by atoms with E-state index < -0.39 is 18.2 Å². The standard InChI is InChI=1S/C60H103NO5/c1-4-7-10-13-16-19-22-25-27-29-30-31-33-35-38-41-44-47-50-53-60(65)66-56(51-48-45-42-39-36-34-32-28-26-23-20-17-14-11-8-5-2)54-59(64)61-57(55-62)58(63)52-49-46-43-40-37-24-21-18-15-12-9-6-3/h11,14,16-17,19-20,23,25-28,30-32,34,36,56-58,62-63H,4-10,12-13,15,18,21-22,24,29,33,35,37-55H2,1-3H3,(H,61,64)/b14-11+,19-16-,20-17+,26-23+,27-25-,31-30-,32-28+,36-34+. The van der Waals surface area contributed by atoms with E-state index in [-0.39, 0.29) is 24.9 Å². The fourth-order valence-corrected chi connectivity index (χ4v) is 7.82. The second-order valence-electron chi connectivity index (χ2n) is 18.4. The highest BCUT2D eigenvalue weighted by molar-refractivity contribution is 5.77. The number of hydrogen-bond donors (Lipinski definition) is 3. The van der Waals surface area contributed by atoms with Crippen molar-refractivity contribution in [2.24, 2.45) is 0 Å². The molecule has 0 saturated heterocycles. The third-order valence-electron chi connectivity index (χ3n) is 12.0. The molecule has 0 spiro atoms. The molecule has 0 aliphatic rings. The summed E-state index contributed by atoms with van der Waals surface area (Å²) in [4.78, 5) is 26.2. The van der Waals surface area contributed by atoms with E-state index in [2.05, 4.69) is 86.8 Å². The van der Waals surface area contributed by atoms with Gasteiger partial charge in [-0.15, -0.1) is 0 Å². The van der Waals surface area contributed by atoms with Crippen LogP contribution in [-0.4, -0.2) is 46.9 Å². The molecule has 0 radical (unpaired) electrons. The zero-order valence-electron chi connectivity index (χ0n) is 43.0. The zero-order valence-corrected chi connectivity index (χ0v) is 43.0. The Balaban J connectivity index is 4.70. The molecule has 378 valence electrons. The Morgan fingerprint density at radius 3 is 1.41 bits per heavy atom. The molecular weight excluding hydrogens is 815 g/mol. The first-order valence-corrected chi connectivity index (χ1v) is 27.5. The van der Waals surface area contributed by atoms with Crippen LogP contribution in [0.1, 0.15) is 245 Å². The summed E-state index contributed by atoms with van der Waals surface area (Å²) in [6.07, 6.45) is 70.3. The largest absolute Gasteiger partial charge is 0.462 e. The van der Waals surface area contributed by atoms with Crippen LogP contribution in [0.5, 0.6) is 0 Å². The highest BCUT2D eigenvalue weighted by atomic mass is 16.5. The number of carbonyl (C=O) groups excluding carboxylic acids is 2. The molecule has 0 aromatic carbocycles. The lowest BCUT2D eigenvalue weighted by Gasteiger charge is -2.24. The Hall–Kier alpha value is -3.22. The second kappa shape index (κ2) is 52.7. The van der Waals surface area contributed by atoms with E-state index in [0.29, 0.717) is 19.3 Å². The maximum absolute atomic E-state index is 13.2. The molecule has 1 amide bonds. The summed E-state index contributed by atoms with van der Waals surface area (Å²) in [5.41, 5.74) is 0. The number of unbranched alkanes of at least 4 members (excludes halogenated alkanes) is 24. The second-order valence-corrected chi connectivity index (χ2v) is 18.4. The predicted molar refractivity (Wildman–Crippen MR) is 287 cm³/mol. The molecule has 0 aliphatic heterocycles. The van der Waals surface area contributed by atoms with Crippen LogP contribution < -0.4 is 5.32 Å². The number of allylic oxidation sites excluding steroid dienone is 16. The molecular formula is C60H103NO5. The Labute approximate surface area is 407 Å². The minimum atomic E-state index is -0.808. The first-order chi connectivity index (χ1) is 32.5. The number of carbonyl (C=O) groups is 2. The highest BCUT2D eigenvalue weighted by Gasteiger charge is 2.24. The zero-order chi connectivity index (χ0) is 48.1. The Morgan fingerprint density at radius 1 is 0.455 bits per heavy atom. The molecule has 66 heavy (non-hydrogen) atoms. The van der Waals surface area contributed by atoms with Gasteiger partial charge in [0.05, 0.1) is 25.2 Å². The molecule has 0 aromatic rings. The number of aliphatic hydroxyl groups excluding tert-OH is 2. The van der Waals surface area contributed by atoms with Gasteiger partial charge in [0, 0.05) is 6.42 Å². The van der Waals surface area contributed by atoms with E-state index in [1.54, 1.807) is 0 Å². The lowest BCUT2D eigenvalue weighted by atomic mass is 10.0. The van der Waals surface area contributed by atoms with Crippen LogP contribution in [0.3, 0.4) is 0 Å². The van der Waals surface area contributed by atoms with Crippen molar-refractivity contribution in [1.82, 2.24) is 5.32 Å². The van der Waals surface area contributed by atoms with Gasteiger partial charge in [0.2, 0.25) is 5.91 Å². The minimum Gasteiger partial charge on any atom is -0.462 e.